The molecule has 1 fully saturated rings. The Balaban J connectivity index is 2.25. The van der Waals surface area contributed by atoms with Crippen LogP contribution < -0.4 is 10.6 Å². The molecule has 15 heavy (non-hydrogen) atoms. The van der Waals surface area contributed by atoms with Gasteiger partial charge in [-0.05, 0) is 19.4 Å². The second kappa shape index (κ2) is 6.11. The first kappa shape index (κ1) is 12.5. The number of rotatable bonds is 5. The Morgan fingerprint density at radius 2 is 1.87 bits per heavy atom. The highest BCUT2D eigenvalue weighted by Crippen LogP contribution is 2.35. The van der Waals surface area contributed by atoms with Crippen molar-refractivity contribution in [2.24, 2.45) is 5.41 Å². The Morgan fingerprint density at radius 3 is 2.47 bits per heavy atom. The summed E-state index contributed by atoms with van der Waals surface area (Å²) in [7, 11) is 0. The van der Waals surface area contributed by atoms with E-state index in [1.165, 1.54) is 19.3 Å². The molecular formula is C12H24N2O. The average molecular weight is 212 g/mol. The lowest BCUT2D eigenvalue weighted by Gasteiger charge is -2.32. The maximum absolute atomic E-state index is 11.9. The normalized spacial score (nSPS) is 19.9. The van der Waals surface area contributed by atoms with E-state index in [0.29, 0.717) is 0 Å². The highest BCUT2D eigenvalue weighted by Gasteiger charge is 2.33. The number of nitrogens with one attached hydrogen (secondary N) is 2. The molecule has 2 N–H and O–H groups in total. The van der Waals surface area contributed by atoms with Crippen LogP contribution in [0.4, 0.5) is 0 Å². The zero-order valence-corrected chi connectivity index (χ0v) is 10.1. The fraction of sp³-hybridized carbons (Fsp3) is 0.917. The molecule has 3 heteroatoms. The summed E-state index contributed by atoms with van der Waals surface area (Å²) in [6.07, 6.45) is 5.81. The highest BCUT2D eigenvalue weighted by molar-refractivity contribution is 5.82. The Bertz CT molecular complexity index is 198. The van der Waals surface area contributed by atoms with Crippen molar-refractivity contribution in [3.63, 3.8) is 0 Å². The van der Waals surface area contributed by atoms with Crippen LogP contribution in [0.15, 0.2) is 0 Å². The first-order valence-corrected chi connectivity index (χ1v) is 6.18. The molecule has 1 rings (SSSR count). The number of likely N-dealkylation sites (N-methyl/N-ethyl adjacent to an activating group) is 1. The highest BCUT2D eigenvalue weighted by atomic mass is 16.2. The van der Waals surface area contributed by atoms with Crippen LogP contribution in [0.1, 0.15) is 46.0 Å². The van der Waals surface area contributed by atoms with Gasteiger partial charge in [-0.3, -0.25) is 4.79 Å². The quantitative estimate of drug-likeness (QED) is 0.681. The topological polar surface area (TPSA) is 41.1 Å². The van der Waals surface area contributed by atoms with Gasteiger partial charge >= 0.3 is 0 Å². The van der Waals surface area contributed by atoms with Crippen LogP contribution in [-0.2, 0) is 4.79 Å². The summed E-state index contributed by atoms with van der Waals surface area (Å²) in [5.41, 5.74) is -0.0928. The number of carbonyl (C=O) groups excluding carboxylic acids is 1. The first-order valence-electron chi connectivity index (χ1n) is 6.18. The fourth-order valence-electron chi connectivity index (χ4n) is 2.21. The summed E-state index contributed by atoms with van der Waals surface area (Å²) in [6, 6.07) is 0. The van der Waals surface area contributed by atoms with Crippen molar-refractivity contribution >= 4 is 5.91 Å². The molecule has 0 aromatic rings. The molecule has 1 amide bonds. The second-order valence-electron chi connectivity index (χ2n) is 4.73. The van der Waals surface area contributed by atoms with E-state index in [1.54, 1.807) is 0 Å². The first-order chi connectivity index (χ1) is 7.19. The SMILES string of the molecule is CCNCCNC(=O)C1(C)CCCCC1. The molecule has 0 radical (unpaired) electrons. The van der Waals surface area contributed by atoms with Crippen LogP contribution in [0.2, 0.25) is 0 Å². The van der Waals surface area contributed by atoms with Crippen molar-refractivity contribution < 1.29 is 4.79 Å². The van der Waals surface area contributed by atoms with E-state index in [4.69, 9.17) is 0 Å². The predicted octanol–water partition coefficient (Wildman–Crippen LogP) is 1.68. The molecule has 3 nitrogen and oxygen atoms in total. The van der Waals surface area contributed by atoms with E-state index in [2.05, 4.69) is 24.5 Å². The number of hydrogen-bond acceptors (Lipinski definition) is 2. The van der Waals surface area contributed by atoms with Gasteiger partial charge < -0.3 is 10.6 Å². The molecule has 0 saturated heterocycles. The van der Waals surface area contributed by atoms with E-state index in [1.807, 2.05) is 0 Å². The Morgan fingerprint density at radius 1 is 1.20 bits per heavy atom. The summed E-state index contributed by atoms with van der Waals surface area (Å²) in [5, 5.41) is 6.23. The number of hydrogen-bond donors (Lipinski definition) is 2. The van der Waals surface area contributed by atoms with E-state index < -0.39 is 0 Å². The summed E-state index contributed by atoms with van der Waals surface area (Å²) in [6.45, 7) is 6.77. The lowest BCUT2D eigenvalue weighted by atomic mass is 9.75. The van der Waals surface area contributed by atoms with E-state index in [9.17, 15) is 4.79 Å². The lowest BCUT2D eigenvalue weighted by Crippen LogP contribution is -2.42. The van der Waals surface area contributed by atoms with Gasteiger partial charge in [-0.2, -0.15) is 0 Å². The van der Waals surface area contributed by atoms with Crippen LogP contribution in [0.25, 0.3) is 0 Å². The van der Waals surface area contributed by atoms with Gasteiger partial charge in [0.2, 0.25) is 5.91 Å². The van der Waals surface area contributed by atoms with Crippen LogP contribution in [0.5, 0.6) is 0 Å². The van der Waals surface area contributed by atoms with Gasteiger partial charge in [0.25, 0.3) is 0 Å². The van der Waals surface area contributed by atoms with Crippen molar-refractivity contribution in [1.82, 2.24) is 10.6 Å². The van der Waals surface area contributed by atoms with Gasteiger partial charge in [0.15, 0.2) is 0 Å². The molecule has 1 aliphatic carbocycles. The van der Waals surface area contributed by atoms with E-state index >= 15 is 0 Å². The third-order valence-corrected chi connectivity index (χ3v) is 3.34. The van der Waals surface area contributed by atoms with Gasteiger partial charge in [-0.1, -0.05) is 33.1 Å². The second-order valence-corrected chi connectivity index (χ2v) is 4.73. The standard InChI is InChI=1S/C12H24N2O/c1-3-13-9-10-14-11(15)12(2)7-5-4-6-8-12/h13H,3-10H2,1-2H3,(H,14,15). The van der Waals surface area contributed by atoms with Gasteiger partial charge in [-0.15, -0.1) is 0 Å². The minimum atomic E-state index is -0.0928. The molecule has 1 aliphatic rings. The monoisotopic (exact) mass is 212 g/mol. The van der Waals surface area contributed by atoms with Crippen LogP contribution in [0, 0.1) is 5.41 Å². The van der Waals surface area contributed by atoms with Gasteiger partial charge in [0, 0.05) is 18.5 Å². The molecular weight excluding hydrogens is 188 g/mol. The van der Waals surface area contributed by atoms with Gasteiger partial charge in [-0.25, -0.2) is 0 Å². The summed E-state index contributed by atoms with van der Waals surface area (Å²) < 4.78 is 0. The molecule has 0 aromatic heterocycles. The maximum atomic E-state index is 11.9. The summed E-state index contributed by atoms with van der Waals surface area (Å²) in [4.78, 5) is 11.9. The van der Waals surface area contributed by atoms with Crippen LogP contribution in [-0.4, -0.2) is 25.5 Å². The third kappa shape index (κ3) is 3.82. The zero-order valence-electron chi connectivity index (χ0n) is 10.1. The van der Waals surface area contributed by atoms with Gasteiger partial charge in [0.1, 0.15) is 0 Å². The third-order valence-electron chi connectivity index (χ3n) is 3.34. The molecule has 0 bridgehead atoms. The smallest absolute Gasteiger partial charge is 0.225 e. The maximum Gasteiger partial charge on any atom is 0.225 e. The molecule has 0 aliphatic heterocycles. The van der Waals surface area contributed by atoms with E-state index in [-0.39, 0.29) is 11.3 Å². The summed E-state index contributed by atoms with van der Waals surface area (Å²) >= 11 is 0. The van der Waals surface area contributed by atoms with Crippen LogP contribution >= 0.6 is 0 Å². The average Bonchev–Trinajstić information content (AvgIpc) is 2.25. The Kier molecular flexibility index (Phi) is 5.09. The zero-order chi connectivity index (χ0) is 11.1. The Hall–Kier alpha value is -0.570. The van der Waals surface area contributed by atoms with Crippen molar-refractivity contribution in [2.45, 2.75) is 46.0 Å². The van der Waals surface area contributed by atoms with Gasteiger partial charge in [0.05, 0.1) is 0 Å². The molecule has 1 saturated carbocycles. The number of carbonyl (C=O) groups is 1. The molecule has 0 spiro atoms. The van der Waals surface area contributed by atoms with E-state index in [0.717, 1.165) is 32.5 Å². The van der Waals surface area contributed by atoms with Crippen molar-refractivity contribution in [3.05, 3.63) is 0 Å². The molecule has 0 atom stereocenters. The molecule has 0 aromatic carbocycles. The predicted molar refractivity (Wildman–Crippen MR) is 62.7 cm³/mol. The van der Waals surface area contributed by atoms with Crippen LogP contribution in [0.3, 0.4) is 0 Å². The molecule has 88 valence electrons. The minimum Gasteiger partial charge on any atom is -0.354 e. The number of amides is 1. The van der Waals surface area contributed by atoms with Crippen molar-refractivity contribution in [3.8, 4) is 0 Å². The van der Waals surface area contributed by atoms with Crippen molar-refractivity contribution in [2.75, 3.05) is 19.6 Å². The fourth-order valence-corrected chi connectivity index (χ4v) is 2.21. The minimum absolute atomic E-state index is 0.0928. The Labute approximate surface area is 93.0 Å². The summed E-state index contributed by atoms with van der Waals surface area (Å²) in [5.74, 6) is 0.250. The lowest BCUT2D eigenvalue weighted by molar-refractivity contribution is -0.131. The van der Waals surface area contributed by atoms with Crippen molar-refractivity contribution in [1.29, 1.82) is 0 Å². The molecule has 0 heterocycles. The molecule has 0 unspecified atom stereocenters. The largest absolute Gasteiger partial charge is 0.354 e.